The van der Waals surface area contributed by atoms with Gasteiger partial charge in [-0.1, -0.05) is 13.3 Å². The Balaban J connectivity index is 2.80. The van der Waals surface area contributed by atoms with E-state index in [0.717, 1.165) is 6.42 Å². The van der Waals surface area contributed by atoms with E-state index in [2.05, 4.69) is 10.4 Å². The molecule has 0 aromatic carbocycles. The third-order valence-corrected chi connectivity index (χ3v) is 2.10. The summed E-state index contributed by atoms with van der Waals surface area (Å²) in [4.78, 5) is 0. The second-order valence-corrected chi connectivity index (χ2v) is 3.55. The molecule has 0 spiro atoms. The van der Waals surface area contributed by atoms with Crippen molar-refractivity contribution in [2.75, 3.05) is 17.6 Å². The van der Waals surface area contributed by atoms with Crippen molar-refractivity contribution in [3.05, 3.63) is 5.69 Å². The molecule has 0 atom stereocenters. The van der Waals surface area contributed by atoms with Crippen molar-refractivity contribution in [2.24, 2.45) is 7.05 Å². The molecule has 16 heavy (non-hydrogen) atoms. The van der Waals surface area contributed by atoms with E-state index in [9.17, 15) is 13.2 Å². The Labute approximate surface area is 91.6 Å². The molecule has 92 valence electrons. The smallest absolute Gasteiger partial charge is 0.394 e. The van der Waals surface area contributed by atoms with Crippen molar-refractivity contribution >= 4 is 11.5 Å². The van der Waals surface area contributed by atoms with Crippen LogP contribution in [0.5, 0.6) is 0 Å². The maximum atomic E-state index is 12.0. The number of alkyl halides is 3. The molecule has 0 amide bonds. The number of anilines is 2. The molecule has 1 rings (SSSR count). The molecule has 3 N–H and O–H groups in total. The van der Waals surface area contributed by atoms with Crippen molar-refractivity contribution < 1.29 is 13.2 Å². The van der Waals surface area contributed by atoms with Gasteiger partial charge >= 0.3 is 6.18 Å². The summed E-state index contributed by atoms with van der Waals surface area (Å²) in [7, 11) is 1.56. The van der Waals surface area contributed by atoms with Crippen LogP contribution in [-0.2, 0) is 13.5 Å². The van der Waals surface area contributed by atoms with Crippen LogP contribution in [0.15, 0.2) is 0 Å². The summed E-state index contributed by atoms with van der Waals surface area (Å²) in [6.45, 7) is 0.846. The molecular weight excluding hydrogens is 221 g/mol. The molecule has 0 aliphatic carbocycles. The molecule has 0 fully saturated rings. The van der Waals surface area contributed by atoms with Gasteiger partial charge in [-0.15, -0.1) is 0 Å². The van der Waals surface area contributed by atoms with Gasteiger partial charge in [-0.3, -0.25) is 4.68 Å². The molecule has 0 radical (unpaired) electrons. The predicted octanol–water partition coefficient (Wildman–Crippen LogP) is 1.93. The van der Waals surface area contributed by atoms with E-state index >= 15 is 0 Å². The van der Waals surface area contributed by atoms with E-state index in [0.29, 0.717) is 17.8 Å². The van der Waals surface area contributed by atoms with Gasteiger partial charge in [0.15, 0.2) is 0 Å². The molecule has 1 aromatic heterocycles. The van der Waals surface area contributed by atoms with E-state index in [1.807, 2.05) is 6.92 Å². The monoisotopic (exact) mass is 236 g/mol. The highest BCUT2D eigenvalue weighted by Crippen LogP contribution is 2.24. The van der Waals surface area contributed by atoms with Crippen molar-refractivity contribution in [1.82, 2.24) is 9.78 Å². The molecule has 0 bridgehead atoms. The minimum absolute atomic E-state index is 0.223. The molecular formula is C9H15F3N4. The second kappa shape index (κ2) is 4.63. The Hall–Kier alpha value is -1.40. The van der Waals surface area contributed by atoms with Crippen molar-refractivity contribution in [3.63, 3.8) is 0 Å². The summed E-state index contributed by atoms with van der Waals surface area (Å²) in [5.41, 5.74) is 6.64. The molecule has 4 nitrogen and oxygen atoms in total. The van der Waals surface area contributed by atoms with Crippen LogP contribution in [0.25, 0.3) is 0 Å². The molecule has 1 aromatic rings. The van der Waals surface area contributed by atoms with Crippen LogP contribution < -0.4 is 11.1 Å². The molecule has 7 heteroatoms. The molecule has 0 unspecified atom stereocenters. The Morgan fingerprint density at radius 2 is 2.06 bits per heavy atom. The quantitative estimate of drug-likeness (QED) is 0.839. The second-order valence-electron chi connectivity index (χ2n) is 3.55. The van der Waals surface area contributed by atoms with Crippen molar-refractivity contribution in [3.8, 4) is 0 Å². The topological polar surface area (TPSA) is 55.9 Å². The fourth-order valence-corrected chi connectivity index (χ4v) is 1.41. The highest BCUT2D eigenvalue weighted by Gasteiger charge is 2.28. The first-order chi connectivity index (χ1) is 7.35. The number of nitrogen functional groups attached to an aromatic ring is 1. The Kier molecular flexibility index (Phi) is 3.66. The van der Waals surface area contributed by atoms with Crippen LogP contribution in [0.4, 0.5) is 24.7 Å². The van der Waals surface area contributed by atoms with Crippen LogP contribution in [0, 0.1) is 0 Å². The lowest BCUT2D eigenvalue weighted by Gasteiger charge is -2.10. The zero-order valence-corrected chi connectivity index (χ0v) is 9.23. The number of hydrogen-bond donors (Lipinski definition) is 2. The number of aryl methyl sites for hydroxylation is 2. The third kappa shape index (κ3) is 3.04. The van der Waals surface area contributed by atoms with E-state index in [-0.39, 0.29) is 5.82 Å². The number of nitrogens with two attached hydrogens (primary N) is 1. The number of hydrogen-bond acceptors (Lipinski definition) is 3. The summed E-state index contributed by atoms with van der Waals surface area (Å²) in [5.74, 6) is 0.223. The van der Waals surface area contributed by atoms with E-state index in [1.165, 1.54) is 4.68 Å². The number of aromatic nitrogens is 2. The SMILES string of the molecule is CCCc1nn(C)c(NCC(F)(F)F)c1N. The highest BCUT2D eigenvalue weighted by molar-refractivity contribution is 5.65. The zero-order valence-electron chi connectivity index (χ0n) is 9.23. The number of rotatable bonds is 4. The fourth-order valence-electron chi connectivity index (χ4n) is 1.41. The Morgan fingerprint density at radius 3 is 2.56 bits per heavy atom. The number of halogens is 3. The van der Waals surface area contributed by atoms with Gasteiger partial charge in [0.05, 0.1) is 11.4 Å². The first-order valence-electron chi connectivity index (χ1n) is 4.97. The Morgan fingerprint density at radius 1 is 1.44 bits per heavy atom. The minimum Gasteiger partial charge on any atom is -0.394 e. The lowest BCUT2D eigenvalue weighted by molar-refractivity contribution is -0.115. The maximum Gasteiger partial charge on any atom is 0.405 e. The highest BCUT2D eigenvalue weighted by atomic mass is 19.4. The molecule has 0 saturated carbocycles. The first kappa shape index (κ1) is 12.7. The molecule has 1 heterocycles. The van der Waals surface area contributed by atoms with Crippen LogP contribution in [0.2, 0.25) is 0 Å². The van der Waals surface area contributed by atoms with Gasteiger partial charge in [-0.2, -0.15) is 18.3 Å². The molecule has 0 aliphatic rings. The number of nitrogens with one attached hydrogen (secondary N) is 1. The van der Waals surface area contributed by atoms with Crippen LogP contribution in [0.3, 0.4) is 0 Å². The van der Waals surface area contributed by atoms with Crippen LogP contribution in [0.1, 0.15) is 19.0 Å². The van der Waals surface area contributed by atoms with Crippen molar-refractivity contribution in [1.29, 1.82) is 0 Å². The van der Waals surface area contributed by atoms with Crippen LogP contribution >= 0.6 is 0 Å². The number of nitrogens with zero attached hydrogens (tertiary/aromatic N) is 2. The molecule has 0 saturated heterocycles. The summed E-state index contributed by atoms with van der Waals surface area (Å²) >= 11 is 0. The van der Waals surface area contributed by atoms with E-state index < -0.39 is 12.7 Å². The minimum atomic E-state index is -4.26. The van der Waals surface area contributed by atoms with Gasteiger partial charge in [-0.25, -0.2) is 0 Å². The summed E-state index contributed by atoms with van der Waals surface area (Å²) < 4.78 is 37.4. The van der Waals surface area contributed by atoms with Gasteiger partial charge in [0.2, 0.25) is 0 Å². The summed E-state index contributed by atoms with van der Waals surface area (Å²) in [6.07, 6.45) is -2.76. The van der Waals surface area contributed by atoms with Crippen molar-refractivity contribution in [2.45, 2.75) is 25.9 Å². The Bertz CT molecular complexity index is 356. The first-order valence-corrected chi connectivity index (χ1v) is 4.97. The summed E-state index contributed by atoms with van der Waals surface area (Å²) in [5, 5.41) is 6.31. The van der Waals surface area contributed by atoms with Gasteiger partial charge in [0.1, 0.15) is 12.4 Å². The standard InChI is InChI=1S/C9H15F3N4/c1-3-4-6-7(13)8(16(2)15-6)14-5-9(10,11)12/h14H,3-5,13H2,1-2H3. The normalized spacial score (nSPS) is 11.8. The average Bonchev–Trinajstić information content (AvgIpc) is 2.39. The predicted molar refractivity (Wildman–Crippen MR) is 56.2 cm³/mol. The maximum absolute atomic E-state index is 12.0. The fraction of sp³-hybridized carbons (Fsp3) is 0.667. The third-order valence-electron chi connectivity index (χ3n) is 2.10. The van der Waals surface area contributed by atoms with Crippen LogP contribution in [-0.4, -0.2) is 22.5 Å². The largest absolute Gasteiger partial charge is 0.405 e. The van der Waals surface area contributed by atoms with Gasteiger partial charge in [-0.05, 0) is 6.42 Å². The average molecular weight is 236 g/mol. The van der Waals surface area contributed by atoms with Gasteiger partial charge in [0.25, 0.3) is 0 Å². The van der Waals surface area contributed by atoms with E-state index in [1.54, 1.807) is 7.05 Å². The lowest BCUT2D eigenvalue weighted by atomic mass is 10.2. The lowest BCUT2D eigenvalue weighted by Crippen LogP contribution is -2.22. The summed E-state index contributed by atoms with van der Waals surface area (Å²) in [6, 6.07) is 0. The van der Waals surface area contributed by atoms with Gasteiger partial charge in [0, 0.05) is 7.05 Å². The zero-order chi connectivity index (χ0) is 12.3. The van der Waals surface area contributed by atoms with E-state index in [4.69, 9.17) is 5.73 Å². The molecule has 0 aliphatic heterocycles. The van der Waals surface area contributed by atoms with Gasteiger partial charge < -0.3 is 11.1 Å².